The molecule has 0 spiro atoms. The fourth-order valence-electron chi connectivity index (χ4n) is 2.30. The van der Waals surface area contributed by atoms with E-state index in [0.717, 1.165) is 17.7 Å². The smallest absolute Gasteiger partial charge is 0.251 e. The Hall–Kier alpha value is -1.55. The quantitative estimate of drug-likeness (QED) is 0.797. The minimum atomic E-state index is -0.242. The van der Waals surface area contributed by atoms with Gasteiger partial charge in [0.15, 0.2) is 0 Å². The number of aliphatic hydroxyl groups is 1. The molecule has 0 radical (unpaired) electrons. The van der Waals surface area contributed by atoms with Gasteiger partial charge in [0, 0.05) is 18.0 Å². The molecule has 0 aromatic heterocycles. The van der Waals surface area contributed by atoms with E-state index in [1.807, 2.05) is 12.1 Å². The first-order valence-corrected chi connectivity index (χ1v) is 5.97. The van der Waals surface area contributed by atoms with Crippen molar-refractivity contribution in [3.63, 3.8) is 0 Å². The van der Waals surface area contributed by atoms with Crippen molar-refractivity contribution >= 4 is 5.91 Å². The Morgan fingerprint density at radius 1 is 1.41 bits per heavy atom. The fraction of sp³-hybridized carbons (Fsp3) is 0.462. The lowest BCUT2D eigenvalue weighted by atomic mass is 9.89. The van der Waals surface area contributed by atoms with Crippen LogP contribution in [0.15, 0.2) is 18.2 Å². The van der Waals surface area contributed by atoms with Crippen molar-refractivity contribution in [2.24, 2.45) is 0 Å². The van der Waals surface area contributed by atoms with Gasteiger partial charge in [0.25, 0.3) is 5.91 Å². The lowest BCUT2D eigenvalue weighted by Crippen LogP contribution is -2.46. The zero-order valence-electron chi connectivity index (χ0n) is 9.48. The summed E-state index contributed by atoms with van der Waals surface area (Å²) in [5.41, 5.74) is 1.78. The molecule has 1 aliphatic heterocycles. The average molecular weight is 233 g/mol. The Morgan fingerprint density at radius 2 is 2.24 bits per heavy atom. The summed E-state index contributed by atoms with van der Waals surface area (Å²) in [6.45, 7) is 0.704. The summed E-state index contributed by atoms with van der Waals surface area (Å²) in [4.78, 5) is 11.9. The highest BCUT2D eigenvalue weighted by molar-refractivity contribution is 5.94. The Morgan fingerprint density at radius 3 is 3.00 bits per heavy atom. The maximum atomic E-state index is 11.9. The van der Waals surface area contributed by atoms with Crippen LogP contribution in [0.5, 0.6) is 5.75 Å². The second kappa shape index (κ2) is 4.04. The zero-order valence-corrected chi connectivity index (χ0v) is 9.48. The highest BCUT2D eigenvalue weighted by Crippen LogP contribution is 2.26. The van der Waals surface area contributed by atoms with E-state index in [2.05, 4.69) is 5.32 Å². The molecule has 1 saturated carbocycles. The summed E-state index contributed by atoms with van der Waals surface area (Å²) < 4.78 is 5.40. The predicted molar refractivity (Wildman–Crippen MR) is 62.1 cm³/mol. The number of benzene rings is 1. The highest BCUT2D eigenvalue weighted by Gasteiger charge is 2.28. The Balaban J connectivity index is 1.69. The van der Waals surface area contributed by atoms with Crippen LogP contribution in [0.25, 0.3) is 0 Å². The monoisotopic (exact) mass is 233 g/mol. The van der Waals surface area contributed by atoms with Crippen molar-refractivity contribution < 1.29 is 14.6 Å². The van der Waals surface area contributed by atoms with Gasteiger partial charge in [0.1, 0.15) is 5.75 Å². The van der Waals surface area contributed by atoms with Gasteiger partial charge in [-0.2, -0.15) is 0 Å². The maximum Gasteiger partial charge on any atom is 0.251 e. The molecule has 1 aromatic rings. The summed E-state index contributed by atoms with van der Waals surface area (Å²) in [5.74, 6) is 0.831. The minimum Gasteiger partial charge on any atom is -0.493 e. The number of hydrogen-bond acceptors (Lipinski definition) is 3. The van der Waals surface area contributed by atoms with E-state index >= 15 is 0 Å². The van der Waals surface area contributed by atoms with Gasteiger partial charge >= 0.3 is 0 Å². The molecule has 1 amide bonds. The first-order valence-electron chi connectivity index (χ1n) is 5.97. The van der Waals surface area contributed by atoms with Gasteiger partial charge in [-0.25, -0.2) is 0 Å². The topological polar surface area (TPSA) is 58.6 Å². The van der Waals surface area contributed by atoms with Crippen molar-refractivity contribution in [2.45, 2.75) is 31.4 Å². The van der Waals surface area contributed by atoms with Crippen LogP contribution in [0, 0.1) is 0 Å². The van der Waals surface area contributed by atoms with Crippen molar-refractivity contribution in [1.82, 2.24) is 5.32 Å². The van der Waals surface area contributed by atoms with Gasteiger partial charge in [-0.3, -0.25) is 4.79 Å². The number of fused-ring (bicyclic) bond motifs is 1. The van der Waals surface area contributed by atoms with Crippen molar-refractivity contribution in [3.8, 4) is 5.75 Å². The molecule has 0 atom stereocenters. The molecule has 1 aromatic carbocycles. The van der Waals surface area contributed by atoms with Crippen LogP contribution in [0.3, 0.4) is 0 Å². The summed E-state index contributed by atoms with van der Waals surface area (Å²) in [6.07, 6.45) is 1.96. The van der Waals surface area contributed by atoms with Crippen molar-refractivity contribution in [1.29, 1.82) is 0 Å². The molecular weight excluding hydrogens is 218 g/mol. The second-order valence-corrected chi connectivity index (χ2v) is 4.72. The molecule has 17 heavy (non-hydrogen) atoms. The zero-order chi connectivity index (χ0) is 11.8. The normalized spacial score (nSPS) is 25.7. The van der Waals surface area contributed by atoms with E-state index in [9.17, 15) is 4.79 Å². The van der Waals surface area contributed by atoms with Gasteiger partial charge in [0.2, 0.25) is 0 Å². The van der Waals surface area contributed by atoms with Gasteiger partial charge in [-0.15, -0.1) is 0 Å². The summed E-state index contributed by atoms with van der Waals surface area (Å²) in [6, 6.07) is 5.66. The van der Waals surface area contributed by atoms with E-state index in [1.54, 1.807) is 6.07 Å². The van der Waals surface area contributed by atoms with E-state index < -0.39 is 0 Å². The molecule has 2 aliphatic rings. The predicted octanol–water partition coefficient (Wildman–Crippen LogP) is 0.875. The first-order chi connectivity index (χ1) is 8.22. The molecule has 4 nitrogen and oxygen atoms in total. The van der Waals surface area contributed by atoms with Crippen LogP contribution in [-0.2, 0) is 6.42 Å². The summed E-state index contributed by atoms with van der Waals surface area (Å²) in [7, 11) is 0. The molecule has 0 unspecified atom stereocenters. The molecular formula is C13H15NO3. The van der Waals surface area contributed by atoms with Gasteiger partial charge < -0.3 is 15.2 Å². The van der Waals surface area contributed by atoms with Gasteiger partial charge in [-0.05, 0) is 36.6 Å². The lowest BCUT2D eigenvalue weighted by molar-refractivity contribution is 0.0562. The third-order valence-electron chi connectivity index (χ3n) is 3.40. The van der Waals surface area contributed by atoms with E-state index in [4.69, 9.17) is 9.84 Å². The third kappa shape index (κ3) is 2.00. The van der Waals surface area contributed by atoms with Crippen LogP contribution >= 0.6 is 0 Å². The molecule has 0 saturated heterocycles. The number of carbonyl (C=O) groups excluding carboxylic acids is 1. The molecule has 0 bridgehead atoms. The Kier molecular flexibility index (Phi) is 2.52. The number of rotatable bonds is 2. The Bertz CT molecular complexity index is 452. The molecule has 1 aliphatic carbocycles. The van der Waals surface area contributed by atoms with E-state index in [-0.39, 0.29) is 18.1 Å². The standard InChI is InChI=1S/C13H15NO3/c15-11-6-10(7-11)14-13(16)9-1-2-12-8(5-9)3-4-17-12/h1-2,5,10-11,15H,3-4,6-7H2,(H,14,16). The number of carbonyl (C=O) groups is 1. The minimum absolute atomic E-state index is 0.0587. The third-order valence-corrected chi connectivity index (χ3v) is 3.40. The number of ether oxygens (including phenoxy) is 1. The molecule has 2 N–H and O–H groups in total. The maximum absolute atomic E-state index is 11.9. The van der Waals surface area contributed by atoms with Gasteiger partial charge in [0.05, 0.1) is 12.7 Å². The number of amides is 1. The van der Waals surface area contributed by atoms with Crippen LogP contribution in [-0.4, -0.2) is 29.8 Å². The SMILES string of the molecule is O=C(NC1CC(O)C1)c1ccc2c(c1)CCO2. The van der Waals surface area contributed by atoms with E-state index in [0.29, 0.717) is 25.0 Å². The lowest BCUT2D eigenvalue weighted by Gasteiger charge is -2.31. The number of hydrogen-bond donors (Lipinski definition) is 2. The van der Waals surface area contributed by atoms with Crippen LogP contribution in [0.2, 0.25) is 0 Å². The number of aliphatic hydroxyl groups excluding tert-OH is 1. The fourth-order valence-corrected chi connectivity index (χ4v) is 2.30. The average Bonchev–Trinajstić information content (AvgIpc) is 2.73. The molecule has 90 valence electrons. The summed E-state index contributed by atoms with van der Waals surface area (Å²) >= 11 is 0. The molecule has 3 rings (SSSR count). The van der Waals surface area contributed by atoms with E-state index in [1.165, 1.54) is 0 Å². The highest BCUT2D eigenvalue weighted by atomic mass is 16.5. The molecule has 4 heteroatoms. The van der Waals surface area contributed by atoms with Gasteiger partial charge in [-0.1, -0.05) is 0 Å². The van der Waals surface area contributed by atoms with Crippen LogP contribution < -0.4 is 10.1 Å². The number of nitrogens with one attached hydrogen (secondary N) is 1. The van der Waals surface area contributed by atoms with Crippen LogP contribution in [0.4, 0.5) is 0 Å². The van der Waals surface area contributed by atoms with Crippen molar-refractivity contribution in [3.05, 3.63) is 29.3 Å². The van der Waals surface area contributed by atoms with Crippen molar-refractivity contribution in [2.75, 3.05) is 6.61 Å². The summed E-state index contributed by atoms with van der Waals surface area (Å²) in [5, 5.41) is 12.1. The largest absolute Gasteiger partial charge is 0.493 e. The Labute approximate surface area is 99.6 Å². The van der Waals surface area contributed by atoms with Crippen LogP contribution in [0.1, 0.15) is 28.8 Å². The first kappa shape index (κ1) is 10.6. The molecule has 1 fully saturated rings. The molecule has 1 heterocycles. The second-order valence-electron chi connectivity index (χ2n) is 4.72.